The fourth-order valence-electron chi connectivity index (χ4n) is 2.22. The summed E-state index contributed by atoms with van der Waals surface area (Å²) in [4.78, 5) is 15.0. The second-order valence-electron chi connectivity index (χ2n) is 4.77. The van der Waals surface area contributed by atoms with E-state index in [0.717, 1.165) is 44.2 Å². The van der Waals surface area contributed by atoms with Crippen LogP contribution in [0.1, 0.15) is 17.9 Å². The molecule has 1 aromatic rings. The van der Waals surface area contributed by atoms with Crippen molar-refractivity contribution in [1.29, 1.82) is 0 Å². The molecule has 0 bridgehead atoms. The average molecular weight is 252 g/mol. The molecule has 18 heavy (non-hydrogen) atoms. The molecule has 1 N–H and O–H groups in total. The first kappa shape index (κ1) is 13.1. The number of nitrogens with zero attached hydrogens (tertiary/aromatic N) is 2. The minimum Gasteiger partial charge on any atom is -0.481 e. The quantitative estimate of drug-likeness (QED) is 0.852. The lowest BCUT2D eigenvalue weighted by Crippen LogP contribution is -2.46. The molecule has 0 saturated carbocycles. The van der Waals surface area contributed by atoms with Crippen LogP contribution >= 0.6 is 0 Å². The van der Waals surface area contributed by atoms with Crippen molar-refractivity contribution in [2.75, 3.05) is 32.7 Å². The molecule has 1 fully saturated rings. The zero-order valence-electron chi connectivity index (χ0n) is 10.8. The van der Waals surface area contributed by atoms with Crippen LogP contribution in [0.5, 0.6) is 0 Å². The van der Waals surface area contributed by atoms with Crippen LogP contribution in [0.3, 0.4) is 0 Å². The van der Waals surface area contributed by atoms with Gasteiger partial charge in [-0.15, -0.1) is 0 Å². The third kappa shape index (κ3) is 3.85. The van der Waals surface area contributed by atoms with Gasteiger partial charge >= 0.3 is 5.97 Å². The maximum absolute atomic E-state index is 10.5. The van der Waals surface area contributed by atoms with Crippen molar-refractivity contribution in [3.63, 3.8) is 0 Å². The van der Waals surface area contributed by atoms with E-state index < -0.39 is 5.97 Å². The summed E-state index contributed by atoms with van der Waals surface area (Å²) in [5.74, 6) is 1.24. The molecule has 1 aromatic heterocycles. The lowest BCUT2D eigenvalue weighted by Gasteiger charge is -2.33. The van der Waals surface area contributed by atoms with Crippen LogP contribution in [-0.4, -0.2) is 53.6 Å². The van der Waals surface area contributed by atoms with Crippen molar-refractivity contribution in [1.82, 2.24) is 9.80 Å². The number of hydrogen-bond donors (Lipinski definition) is 1. The van der Waals surface area contributed by atoms with Crippen molar-refractivity contribution in [3.8, 4) is 0 Å². The number of aryl methyl sites for hydroxylation is 1. The number of carboxylic acids is 1. The summed E-state index contributed by atoms with van der Waals surface area (Å²) in [5, 5.41) is 8.64. The normalized spacial score (nSPS) is 18.1. The summed E-state index contributed by atoms with van der Waals surface area (Å²) in [7, 11) is 0. The fraction of sp³-hybridized carbons (Fsp3) is 0.615. The summed E-state index contributed by atoms with van der Waals surface area (Å²) in [6.45, 7) is 7.27. The monoisotopic (exact) mass is 252 g/mol. The molecule has 0 aromatic carbocycles. The first-order valence-electron chi connectivity index (χ1n) is 6.35. The first-order chi connectivity index (χ1) is 8.63. The number of aliphatic carboxylic acids is 1. The van der Waals surface area contributed by atoms with Crippen molar-refractivity contribution < 1.29 is 14.3 Å². The Kier molecular flexibility index (Phi) is 4.38. The van der Waals surface area contributed by atoms with E-state index in [9.17, 15) is 4.79 Å². The third-order valence-electron chi connectivity index (χ3n) is 3.28. The first-order valence-corrected chi connectivity index (χ1v) is 6.35. The smallest absolute Gasteiger partial charge is 0.304 e. The van der Waals surface area contributed by atoms with Gasteiger partial charge in [-0.2, -0.15) is 0 Å². The van der Waals surface area contributed by atoms with E-state index in [4.69, 9.17) is 9.52 Å². The van der Waals surface area contributed by atoms with Gasteiger partial charge in [-0.3, -0.25) is 9.69 Å². The Labute approximate surface area is 107 Å². The van der Waals surface area contributed by atoms with Gasteiger partial charge in [-0.05, 0) is 19.1 Å². The molecule has 0 amide bonds. The number of hydrogen-bond acceptors (Lipinski definition) is 4. The zero-order valence-corrected chi connectivity index (χ0v) is 10.8. The molecule has 0 atom stereocenters. The van der Waals surface area contributed by atoms with Gasteiger partial charge in [0, 0.05) is 32.7 Å². The van der Waals surface area contributed by atoms with E-state index in [2.05, 4.69) is 9.80 Å². The fourth-order valence-corrected chi connectivity index (χ4v) is 2.22. The molecule has 1 aliphatic heterocycles. The summed E-state index contributed by atoms with van der Waals surface area (Å²) in [6.07, 6.45) is 0.234. The minimum atomic E-state index is -0.719. The average Bonchev–Trinajstić information content (AvgIpc) is 2.74. The van der Waals surface area contributed by atoms with Crippen LogP contribution in [0, 0.1) is 6.92 Å². The molecule has 0 unspecified atom stereocenters. The number of carbonyl (C=O) groups is 1. The van der Waals surface area contributed by atoms with Crippen LogP contribution in [-0.2, 0) is 11.3 Å². The Hall–Kier alpha value is -1.33. The summed E-state index contributed by atoms with van der Waals surface area (Å²) >= 11 is 0. The number of piperazine rings is 1. The van der Waals surface area contributed by atoms with Crippen molar-refractivity contribution >= 4 is 5.97 Å². The Morgan fingerprint density at radius 3 is 2.50 bits per heavy atom. The zero-order chi connectivity index (χ0) is 13.0. The van der Waals surface area contributed by atoms with Crippen molar-refractivity contribution in [2.24, 2.45) is 0 Å². The van der Waals surface area contributed by atoms with Crippen LogP contribution < -0.4 is 0 Å². The summed E-state index contributed by atoms with van der Waals surface area (Å²) in [5.41, 5.74) is 0. The number of carboxylic acid groups (broad SMARTS) is 1. The van der Waals surface area contributed by atoms with Gasteiger partial charge in [-0.1, -0.05) is 0 Å². The van der Waals surface area contributed by atoms with Crippen LogP contribution in [0.4, 0.5) is 0 Å². The Morgan fingerprint density at radius 1 is 1.28 bits per heavy atom. The molecule has 0 aliphatic carbocycles. The van der Waals surface area contributed by atoms with E-state index in [1.807, 2.05) is 19.1 Å². The third-order valence-corrected chi connectivity index (χ3v) is 3.28. The van der Waals surface area contributed by atoms with Gasteiger partial charge in [0.25, 0.3) is 0 Å². The van der Waals surface area contributed by atoms with Crippen LogP contribution in [0.2, 0.25) is 0 Å². The minimum absolute atomic E-state index is 0.234. The second kappa shape index (κ2) is 6.02. The molecule has 100 valence electrons. The van der Waals surface area contributed by atoms with Crippen LogP contribution in [0.15, 0.2) is 16.5 Å². The molecule has 2 heterocycles. The van der Waals surface area contributed by atoms with E-state index in [1.54, 1.807) is 0 Å². The molecular weight excluding hydrogens is 232 g/mol. The van der Waals surface area contributed by atoms with Gasteiger partial charge < -0.3 is 14.4 Å². The lowest BCUT2D eigenvalue weighted by molar-refractivity contribution is -0.137. The number of furan rings is 1. The molecular formula is C13H20N2O3. The van der Waals surface area contributed by atoms with Crippen molar-refractivity contribution in [3.05, 3.63) is 23.7 Å². The standard InChI is InChI=1S/C13H20N2O3/c1-11-2-3-12(18-11)10-15-8-6-14(7-9-15)5-4-13(16)17/h2-3H,4-10H2,1H3,(H,16,17). The molecule has 0 spiro atoms. The highest BCUT2D eigenvalue weighted by Crippen LogP contribution is 2.11. The predicted octanol–water partition coefficient (Wildman–Crippen LogP) is 1.18. The largest absolute Gasteiger partial charge is 0.481 e. The van der Waals surface area contributed by atoms with Crippen LogP contribution in [0.25, 0.3) is 0 Å². The Balaban J connectivity index is 1.71. The topological polar surface area (TPSA) is 56.9 Å². The molecule has 1 saturated heterocycles. The molecule has 5 nitrogen and oxygen atoms in total. The summed E-state index contributed by atoms with van der Waals surface area (Å²) < 4.78 is 5.56. The highest BCUT2D eigenvalue weighted by molar-refractivity contribution is 5.66. The Morgan fingerprint density at radius 2 is 1.94 bits per heavy atom. The second-order valence-corrected chi connectivity index (χ2v) is 4.77. The highest BCUT2D eigenvalue weighted by atomic mass is 16.4. The van der Waals surface area contributed by atoms with E-state index in [1.165, 1.54) is 0 Å². The van der Waals surface area contributed by atoms with Gasteiger partial charge in [0.15, 0.2) is 0 Å². The summed E-state index contributed by atoms with van der Waals surface area (Å²) in [6, 6.07) is 4.00. The SMILES string of the molecule is Cc1ccc(CN2CCN(CCC(=O)O)CC2)o1. The van der Waals surface area contributed by atoms with Gasteiger partial charge in [0.05, 0.1) is 13.0 Å². The molecule has 1 aliphatic rings. The van der Waals surface area contributed by atoms with E-state index in [-0.39, 0.29) is 6.42 Å². The molecule has 5 heteroatoms. The number of rotatable bonds is 5. The molecule has 0 radical (unpaired) electrons. The highest BCUT2D eigenvalue weighted by Gasteiger charge is 2.18. The van der Waals surface area contributed by atoms with Gasteiger partial charge in [0.1, 0.15) is 11.5 Å². The van der Waals surface area contributed by atoms with Gasteiger partial charge in [0.2, 0.25) is 0 Å². The van der Waals surface area contributed by atoms with E-state index >= 15 is 0 Å². The molecule has 2 rings (SSSR count). The maximum atomic E-state index is 10.5. The van der Waals surface area contributed by atoms with E-state index in [0.29, 0.717) is 6.54 Å². The maximum Gasteiger partial charge on any atom is 0.304 e. The van der Waals surface area contributed by atoms with Crippen molar-refractivity contribution in [2.45, 2.75) is 19.9 Å². The Bertz CT molecular complexity index is 395. The predicted molar refractivity (Wildman–Crippen MR) is 67.4 cm³/mol. The van der Waals surface area contributed by atoms with Gasteiger partial charge in [-0.25, -0.2) is 0 Å². The lowest BCUT2D eigenvalue weighted by atomic mass is 10.2.